The van der Waals surface area contributed by atoms with Crippen LogP contribution in [0.25, 0.3) is 39.1 Å². The number of hydrogen-bond donors (Lipinski definition) is 2. The second kappa shape index (κ2) is 11.4. The molecular weight excluding hydrogens is 614 g/mol. The summed E-state index contributed by atoms with van der Waals surface area (Å²) in [5, 5.41) is 18.8. The Kier molecular flexibility index (Phi) is 7.60. The first-order chi connectivity index (χ1) is 21.6. The third-order valence-corrected chi connectivity index (χ3v) is 9.70. The molecule has 0 radical (unpaired) electrons. The van der Waals surface area contributed by atoms with Crippen LogP contribution in [0.4, 0.5) is 23.4 Å². The smallest absolute Gasteiger partial charge is 0.319 e. The monoisotopic (exact) mass is 645 g/mol. The number of aliphatic hydroxyl groups is 1. The van der Waals surface area contributed by atoms with E-state index in [9.17, 15) is 18.3 Å². The zero-order chi connectivity index (χ0) is 31.5. The molecule has 3 aliphatic rings. The number of aromatic nitrogens is 5. The molecule has 2 N–H and O–H groups in total. The summed E-state index contributed by atoms with van der Waals surface area (Å²) in [7, 11) is 0. The molecule has 1 aromatic carbocycles. The standard InChI is InChI=1S/C31H32ClF4N7O2/c1-2-5-18-21(32)10-22-19(13-38-41-22)23(18)26-24(34)25-20(12-37-26)27(42-8-4-7-31(44,15-42)28(35)36)40-29(39-25)45-16-30-6-3-9-43(30)14-17(33)11-30/h2,5,10,12-13,17,28,44H,3-4,6-9,11,14-16H2,1H3,(H,38,41)/b5-2-/t17-,30+,31-/m1/s1. The Morgan fingerprint density at radius 3 is 2.82 bits per heavy atom. The van der Waals surface area contributed by atoms with Crippen LogP contribution in [0.1, 0.15) is 44.6 Å². The molecule has 3 aromatic heterocycles. The van der Waals surface area contributed by atoms with E-state index in [1.807, 2.05) is 6.92 Å². The molecule has 9 nitrogen and oxygen atoms in total. The molecule has 3 aliphatic heterocycles. The van der Waals surface area contributed by atoms with Crippen molar-refractivity contribution in [2.45, 2.75) is 62.8 Å². The molecule has 7 rings (SSSR count). The molecule has 14 heteroatoms. The minimum Gasteiger partial charge on any atom is -0.461 e. The van der Waals surface area contributed by atoms with E-state index in [1.165, 1.54) is 11.1 Å². The van der Waals surface area contributed by atoms with Crippen molar-refractivity contribution in [3.8, 4) is 17.3 Å². The lowest BCUT2D eigenvalue weighted by atomic mass is 9.93. The average Bonchev–Trinajstić information content (AvgIpc) is 3.71. The first-order valence-electron chi connectivity index (χ1n) is 15.0. The molecule has 0 bridgehead atoms. The van der Waals surface area contributed by atoms with E-state index in [2.05, 4.69) is 30.0 Å². The zero-order valence-corrected chi connectivity index (χ0v) is 25.3. The van der Waals surface area contributed by atoms with Crippen molar-refractivity contribution >= 4 is 45.3 Å². The highest BCUT2D eigenvalue weighted by molar-refractivity contribution is 6.33. The van der Waals surface area contributed by atoms with E-state index in [0.717, 1.165) is 19.4 Å². The molecule has 3 fully saturated rings. The van der Waals surface area contributed by atoms with E-state index >= 15 is 4.39 Å². The quantitative estimate of drug-likeness (QED) is 0.238. The van der Waals surface area contributed by atoms with Crippen molar-refractivity contribution in [3.05, 3.63) is 40.9 Å². The lowest BCUT2D eigenvalue weighted by Crippen LogP contribution is -2.53. The number of allylic oxidation sites excluding steroid dienone is 1. The summed E-state index contributed by atoms with van der Waals surface area (Å²) in [4.78, 5) is 17.1. The number of pyridine rings is 1. The van der Waals surface area contributed by atoms with Crippen LogP contribution in [0.3, 0.4) is 0 Å². The van der Waals surface area contributed by atoms with Gasteiger partial charge in [-0.15, -0.1) is 0 Å². The van der Waals surface area contributed by atoms with E-state index < -0.39 is 36.1 Å². The number of H-pyrrole nitrogens is 1. The Hall–Kier alpha value is -3.55. The topological polar surface area (TPSA) is 103 Å². The second-order valence-corrected chi connectivity index (χ2v) is 12.7. The van der Waals surface area contributed by atoms with Gasteiger partial charge >= 0.3 is 6.01 Å². The van der Waals surface area contributed by atoms with Crippen molar-refractivity contribution in [3.63, 3.8) is 0 Å². The number of hydrogen-bond acceptors (Lipinski definition) is 8. The van der Waals surface area contributed by atoms with Crippen LogP contribution in [0, 0.1) is 5.82 Å². The third kappa shape index (κ3) is 5.08. The Balaban J connectivity index is 1.38. The van der Waals surface area contributed by atoms with Gasteiger partial charge in [0.2, 0.25) is 0 Å². The molecule has 6 heterocycles. The fourth-order valence-corrected chi connectivity index (χ4v) is 7.50. The molecule has 0 spiro atoms. The molecule has 0 saturated carbocycles. The number of piperidine rings is 1. The number of β-amino-alcohol motifs (C(OH)–C–C–N with tert-alkyl or cyclic N) is 1. The van der Waals surface area contributed by atoms with Crippen LogP contribution < -0.4 is 9.64 Å². The van der Waals surface area contributed by atoms with Gasteiger partial charge in [0.25, 0.3) is 6.43 Å². The van der Waals surface area contributed by atoms with Crippen molar-refractivity contribution in [1.29, 1.82) is 0 Å². The number of rotatable bonds is 7. The van der Waals surface area contributed by atoms with Crippen LogP contribution >= 0.6 is 11.6 Å². The van der Waals surface area contributed by atoms with Crippen LogP contribution in [0.5, 0.6) is 6.01 Å². The summed E-state index contributed by atoms with van der Waals surface area (Å²) < 4.78 is 65.2. The minimum atomic E-state index is -2.99. The number of fused-ring (bicyclic) bond motifs is 3. The van der Waals surface area contributed by atoms with Gasteiger partial charge in [-0.1, -0.05) is 23.8 Å². The maximum atomic E-state index is 16.8. The maximum Gasteiger partial charge on any atom is 0.319 e. The van der Waals surface area contributed by atoms with Gasteiger partial charge in [0, 0.05) is 42.2 Å². The number of ether oxygens (including phenoxy) is 1. The van der Waals surface area contributed by atoms with E-state index in [4.69, 9.17) is 16.3 Å². The van der Waals surface area contributed by atoms with Crippen molar-refractivity contribution < 1.29 is 27.4 Å². The van der Waals surface area contributed by atoms with Gasteiger partial charge in [0.05, 0.1) is 34.2 Å². The summed E-state index contributed by atoms with van der Waals surface area (Å²) in [5.41, 5.74) is -1.44. The Bertz CT molecular complexity index is 1810. The Morgan fingerprint density at radius 1 is 1.20 bits per heavy atom. The molecule has 3 saturated heterocycles. The SMILES string of the molecule is C/C=C\c1c(Cl)cc2[nH]ncc2c1-c1ncc2c(N3CCC[C@](O)(C(F)F)C3)nc(OC[C@@]34CCCN3C[C@H](F)C4)nc2c1F. The number of aromatic amines is 1. The van der Waals surface area contributed by atoms with Crippen molar-refractivity contribution in [2.75, 3.05) is 37.7 Å². The molecule has 3 atom stereocenters. The van der Waals surface area contributed by atoms with Crippen LogP contribution in [-0.2, 0) is 0 Å². The summed E-state index contributed by atoms with van der Waals surface area (Å²) >= 11 is 6.61. The van der Waals surface area contributed by atoms with Gasteiger partial charge in [-0.3, -0.25) is 15.0 Å². The number of nitrogens with zero attached hydrogens (tertiary/aromatic N) is 6. The zero-order valence-electron chi connectivity index (χ0n) is 24.5. The predicted octanol–water partition coefficient (Wildman–Crippen LogP) is 5.95. The fourth-order valence-electron chi connectivity index (χ4n) is 7.23. The van der Waals surface area contributed by atoms with Gasteiger partial charge in [-0.05, 0) is 45.2 Å². The average molecular weight is 646 g/mol. The number of halogens is 5. The van der Waals surface area contributed by atoms with Crippen LogP contribution in [-0.4, -0.2) is 91.7 Å². The highest BCUT2D eigenvalue weighted by Crippen LogP contribution is 2.42. The molecule has 45 heavy (non-hydrogen) atoms. The molecule has 4 aromatic rings. The first kappa shape index (κ1) is 30.1. The highest BCUT2D eigenvalue weighted by Gasteiger charge is 2.49. The van der Waals surface area contributed by atoms with E-state index in [-0.39, 0.29) is 47.9 Å². The van der Waals surface area contributed by atoms with Crippen molar-refractivity contribution in [2.24, 2.45) is 0 Å². The van der Waals surface area contributed by atoms with Gasteiger partial charge in [-0.2, -0.15) is 15.1 Å². The normalized spacial score (nSPS) is 25.8. The van der Waals surface area contributed by atoms with Crippen molar-refractivity contribution in [1.82, 2.24) is 30.0 Å². The summed E-state index contributed by atoms with van der Waals surface area (Å²) in [5.74, 6) is -0.668. The van der Waals surface area contributed by atoms with Gasteiger partial charge in [-0.25, -0.2) is 17.6 Å². The minimum absolute atomic E-state index is 0.0422. The Labute approximate surface area is 261 Å². The Morgan fingerprint density at radius 2 is 2.02 bits per heavy atom. The number of benzene rings is 1. The van der Waals surface area contributed by atoms with E-state index in [0.29, 0.717) is 46.6 Å². The summed E-state index contributed by atoms with van der Waals surface area (Å²) in [6.45, 7) is 2.86. The highest BCUT2D eigenvalue weighted by atomic mass is 35.5. The fraction of sp³-hybridized carbons (Fsp3) is 0.484. The van der Waals surface area contributed by atoms with Crippen LogP contribution in [0.2, 0.25) is 5.02 Å². The third-order valence-electron chi connectivity index (χ3n) is 9.39. The van der Waals surface area contributed by atoms with Gasteiger partial charge in [0.15, 0.2) is 5.82 Å². The molecule has 238 valence electrons. The number of anilines is 1. The maximum absolute atomic E-state index is 16.8. The lowest BCUT2D eigenvalue weighted by Gasteiger charge is -2.39. The molecule has 0 aliphatic carbocycles. The van der Waals surface area contributed by atoms with Gasteiger partial charge in [0.1, 0.15) is 35.4 Å². The number of nitrogens with one attached hydrogen (secondary N) is 1. The molecule has 0 unspecified atom stereocenters. The second-order valence-electron chi connectivity index (χ2n) is 12.3. The van der Waals surface area contributed by atoms with Crippen LogP contribution in [0.15, 0.2) is 24.5 Å². The predicted molar refractivity (Wildman–Crippen MR) is 163 cm³/mol. The molecule has 0 amide bonds. The lowest BCUT2D eigenvalue weighted by molar-refractivity contribution is -0.102. The largest absolute Gasteiger partial charge is 0.461 e. The summed E-state index contributed by atoms with van der Waals surface area (Å²) in [6, 6.07) is 1.53. The first-order valence-corrected chi connectivity index (χ1v) is 15.4. The van der Waals surface area contributed by atoms with E-state index in [1.54, 1.807) is 24.4 Å². The molecular formula is C31H32ClF4N7O2. The van der Waals surface area contributed by atoms with Gasteiger partial charge < -0.3 is 14.7 Å². The number of alkyl halides is 3. The summed E-state index contributed by atoms with van der Waals surface area (Å²) in [6.07, 6.45) is 4.66.